The van der Waals surface area contributed by atoms with Gasteiger partial charge in [0.05, 0.1) is 12.7 Å². The summed E-state index contributed by atoms with van der Waals surface area (Å²) in [7, 11) is 5.55. The first-order chi connectivity index (χ1) is 15.9. The van der Waals surface area contributed by atoms with Gasteiger partial charge >= 0.3 is 0 Å². The van der Waals surface area contributed by atoms with E-state index in [0.717, 1.165) is 28.6 Å². The fourth-order valence-electron chi connectivity index (χ4n) is 3.81. The molecule has 1 fully saturated rings. The van der Waals surface area contributed by atoms with Crippen LogP contribution in [0.1, 0.15) is 18.6 Å². The lowest BCUT2D eigenvalue weighted by atomic mass is 9.87. The van der Waals surface area contributed by atoms with Gasteiger partial charge in [0.15, 0.2) is 11.6 Å². The molecule has 33 heavy (non-hydrogen) atoms. The molecular weight excluding hydrogens is 426 g/mol. The normalized spacial score (nSPS) is 14.7. The minimum absolute atomic E-state index is 0.250. The topological polar surface area (TPSA) is 125 Å². The molecule has 10 nitrogen and oxygen atoms in total. The summed E-state index contributed by atoms with van der Waals surface area (Å²) in [6.07, 6.45) is 5.07. The van der Waals surface area contributed by atoms with Crippen LogP contribution >= 0.6 is 0 Å². The monoisotopic (exact) mass is 455 g/mol. The van der Waals surface area contributed by atoms with Crippen molar-refractivity contribution in [2.45, 2.75) is 24.9 Å². The van der Waals surface area contributed by atoms with Gasteiger partial charge < -0.3 is 29.3 Å². The Hall–Kier alpha value is -3.66. The van der Waals surface area contributed by atoms with Crippen molar-refractivity contribution in [2.24, 2.45) is 0 Å². The average Bonchev–Trinajstić information content (AvgIpc) is 3.28. The molecule has 0 unspecified atom stereocenters. The zero-order valence-corrected chi connectivity index (χ0v) is 19.0. The molecular formula is C23H29N5O5. The lowest BCUT2D eigenvalue weighted by Gasteiger charge is -2.39. The number of carboxylic acid groups (broad SMARTS) is 1. The van der Waals surface area contributed by atoms with Crippen molar-refractivity contribution in [1.82, 2.24) is 15.1 Å². The molecule has 3 aromatic rings. The van der Waals surface area contributed by atoms with Gasteiger partial charge in [0.25, 0.3) is 6.47 Å². The maximum atomic E-state index is 11.1. The van der Waals surface area contributed by atoms with Crippen LogP contribution in [-0.4, -0.2) is 71.7 Å². The van der Waals surface area contributed by atoms with Crippen molar-refractivity contribution >= 4 is 18.1 Å². The summed E-state index contributed by atoms with van der Waals surface area (Å²) in [5, 5.41) is 22.2. The van der Waals surface area contributed by atoms with Crippen LogP contribution in [0.2, 0.25) is 0 Å². The number of ether oxygens (including phenoxy) is 1. The van der Waals surface area contributed by atoms with E-state index in [2.05, 4.69) is 20.0 Å². The number of piperidine rings is 1. The Morgan fingerprint density at radius 3 is 2.58 bits per heavy atom. The molecule has 0 saturated carbocycles. The summed E-state index contributed by atoms with van der Waals surface area (Å²) < 4.78 is 10.8. The van der Waals surface area contributed by atoms with Gasteiger partial charge in [0.2, 0.25) is 0 Å². The Kier molecular flexibility index (Phi) is 7.83. The van der Waals surface area contributed by atoms with E-state index in [1.165, 1.54) is 0 Å². The number of methoxy groups -OCH3 is 1. The highest BCUT2D eigenvalue weighted by molar-refractivity contribution is 5.62. The highest BCUT2D eigenvalue weighted by atomic mass is 16.5. The molecule has 10 heteroatoms. The van der Waals surface area contributed by atoms with Gasteiger partial charge in [-0.05, 0) is 25.0 Å². The second-order valence-electron chi connectivity index (χ2n) is 8.00. The summed E-state index contributed by atoms with van der Waals surface area (Å²) in [4.78, 5) is 21.4. The van der Waals surface area contributed by atoms with E-state index in [9.17, 15) is 5.11 Å². The SMILES string of the molecule is COc1cccc(-c2cc(CC3(O)CCN(c4nccnc4N(C)C)CC3)on2)c1.O=CO. The first kappa shape index (κ1) is 24.0. The number of hydrogen-bond donors (Lipinski definition) is 2. The minimum atomic E-state index is -0.831. The summed E-state index contributed by atoms with van der Waals surface area (Å²) in [5.74, 6) is 3.13. The smallest absolute Gasteiger partial charge is 0.290 e. The molecule has 4 rings (SSSR count). The van der Waals surface area contributed by atoms with Gasteiger partial charge in [-0.3, -0.25) is 4.79 Å². The molecule has 2 aromatic heterocycles. The van der Waals surface area contributed by atoms with Crippen LogP contribution in [0.4, 0.5) is 11.6 Å². The maximum Gasteiger partial charge on any atom is 0.290 e. The Balaban J connectivity index is 0.000000968. The summed E-state index contributed by atoms with van der Waals surface area (Å²) in [6.45, 7) is 1.15. The molecule has 2 N–H and O–H groups in total. The number of hydrogen-bond acceptors (Lipinski definition) is 9. The average molecular weight is 456 g/mol. The molecule has 1 aliphatic rings. The van der Waals surface area contributed by atoms with Crippen molar-refractivity contribution in [3.63, 3.8) is 0 Å². The van der Waals surface area contributed by atoms with Crippen LogP contribution in [0.25, 0.3) is 11.3 Å². The minimum Gasteiger partial charge on any atom is -0.497 e. The van der Waals surface area contributed by atoms with Crippen molar-refractivity contribution in [3.8, 4) is 17.0 Å². The molecule has 0 spiro atoms. The third-order valence-electron chi connectivity index (χ3n) is 5.51. The second-order valence-corrected chi connectivity index (χ2v) is 8.00. The number of aliphatic hydroxyl groups is 1. The Bertz CT molecular complexity index is 1050. The van der Waals surface area contributed by atoms with Gasteiger partial charge in [-0.1, -0.05) is 17.3 Å². The van der Waals surface area contributed by atoms with Gasteiger partial charge in [-0.2, -0.15) is 0 Å². The van der Waals surface area contributed by atoms with Crippen molar-refractivity contribution in [3.05, 3.63) is 48.5 Å². The standard InChI is InChI=1S/C22H27N5O3.CH2O2/c1-26(2)20-21(24-10-9-23-20)27-11-7-22(28,8-12-27)15-18-14-19(25-30-18)16-5-4-6-17(13-16)29-3;2-1-3/h4-6,9-10,13-14,28H,7-8,11-12,15H2,1-3H3;1H,(H,2,3). The van der Waals surface area contributed by atoms with E-state index < -0.39 is 5.60 Å². The number of anilines is 2. The van der Waals surface area contributed by atoms with E-state index in [1.807, 2.05) is 49.3 Å². The fraction of sp³-hybridized carbons (Fsp3) is 0.391. The Morgan fingerprint density at radius 2 is 1.91 bits per heavy atom. The van der Waals surface area contributed by atoms with Gasteiger partial charge in [0, 0.05) is 57.6 Å². The van der Waals surface area contributed by atoms with Crippen LogP contribution in [0.5, 0.6) is 5.75 Å². The number of benzene rings is 1. The summed E-state index contributed by atoms with van der Waals surface area (Å²) >= 11 is 0. The number of rotatable bonds is 6. The molecule has 0 atom stereocenters. The lowest BCUT2D eigenvalue weighted by molar-refractivity contribution is -0.122. The van der Waals surface area contributed by atoms with Gasteiger partial charge in [-0.25, -0.2) is 9.97 Å². The summed E-state index contributed by atoms with van der Waals surface area (Å²) in [5.41, 5.74) is 0.826. The van der Waals surface area contributed by atoms with E-state index in [4.69, 9.17) is 19.2 Å². The first-order valence-electron chi connectivity index (χ1n) is 10.5. The first-order valence-corrected chi connectivity index (χ1v) is 10.5. The second kappa shape index (κ2) is 10.8. The molecule has 0 bridgehead atoms. The van der Waals surface area contributed by atoms with E-state index in [-0.39, 0.29) is 6.47 Å². The van der Waals surface area contributed by atoms with Crippen LogP contribution in [0, 0.1) is 0 Å². The highest BCUT2D eigenvalue weighted by Crippen LogP contribution is 2.32. The third kappa shape index (κ3) is 5.98. The summed E-state index contributed by atoms with van der Waals surface area (Å²) in [6, 6.07) is 9.57. The molecule has 1 aliphatic heterocycles. The van der Waals surface area contributed by atoms with Crippen LogP contribution in [-0.2, 0) is 11.2 Å². The highest BCUT2D eigenvalue weighted by Gasteiger charge is 2.35. The molecule has 0 radical (unpaired) electrons. The lowest BCUT2D eigenvalue weighted by Crippen LogP contribution is -2.46. The maximum absolute atomic E-state index is 11.1. The van der Waals surface area contributed by atoms with Gasteiger partial charge in [-0.15, -0.1) is 0 Å². The molecule has 3 heterocycles. The van der Waals surface area contributed by atoms with Crippen molar-refractivity contribution in [2.75, 3.05) is 44.1 Å². The molecule has 0 aliphatic carbocycles. The molecule has 176 valence electrons. The molecule has 0 amide bonds. The van der Waals surface area contributed by atoms with Crippen LogP contribution in [0.3, 0.4) is 0 Å². The largest absolute Gasteiger partial charge is 0.497 e. The number of nitrogens with zero attached hydrogens (tertiary/aromatic N) is 5. The zero-order valence-electron chi connectivity index (χ0n) is 19.0. The van der Waals surface area contributed by atoms with E-state index >= 15 is 0 Å². The fourth-order valence-corrected chi connectivity index (χ4v) is 3.81. The number of carbonyl (C=O) groups is 1. The predicted octanol–water partition coefficient (Wildman–Crippen LogP) is 2.48. The molecule has 1 saturated heterocycles. The van der Waals surface area contributed by atoms with E-state index in [1.54, 1.807) is 19.5 Å². The van der Waals surface area contributed by atoms with Crippen molar-refractivity contribution in [1.29, 1.82) is 0 Å². The quantitative estimate of drug-likeness (QED) is 0.536. The van der Waals surface area contributed by atoms with Crippen LogP contribution in [0.15, 0.2) is 47.2 Å². The Labute approximate surface area is 192 Å². The zero-order chi connectivity index (χ0) is 23.8. The van der Waals surface area contributed by atoms with Crippen LogP contribution < -0.4 is 14.5 Å². The Morgan fingerprint density at radius 1 is 1.21 bits per heavy atom. The van der Waals surface area contributed by atoms with Gasteiger partial charge in [0.1, 0.15) is 17.2 Å². The predicted molar refractivity (Wildman–Crippen MR) is 124 cm³/mol. The third-order valence-corrected chi connectivity index (χ3v) is 5.51. The van der Waals surface area contributed by atoms with Crippen molar-refractivity contribution < 1.29 is 24.3 Å². The van der Waals surface area contributed by atoms with E-state index in [0.29, 0.717) is 38.1 Å². The molecule has 1 aromatic carbocycles. The number of aromatic nitrogens is 3.